The zero-order valence-electron chi connectivity index (χ0n) is 16.6. The predicted octanol–water partition coefficient (Wildman–Crippen LogP) is 4.46. The highest BCUT2D eigenvalue weighted by Gasteiger charge is 2.38. The third kappa shape index (κ3) is 4.54. The Hall–Kier alpha value is -3.37. The molecule has 1 saturated carbocycles. The van der Waals surface area contributed by atoms with Gasteiger partial charge in [-0.2, -0.15) is 0 Å². The van der Waals surface area contributed by atoms with E-state index in [1.807, 2.05) is 6.92 Å². The van der Waals surface area contributed by atoms with Gasteiger partial charge in [0.15, 0.2) is 0 Å². The summed E-state index contributed by atoms with van der Waals surface area (Å²) in [4.78, 5) is 21.2. The number of amides is 1. The van der Waals surface area contributed by atoms with Gasteiger partial charge in [0.2, 0.25) is 5.71 Å². The summed E-state index contributed by atoms with van der Waals surface area (Å²) >= 11 is 0. The molecule has 1 aliphatic carbocycles. The quantitative estimate of drug-likeness (QED) is 0.553. The fraction of sp³-hybridized carbons (Fsp3) is 0.350. The smallest absolute Gasteiger partial charge is 0.442 e. The summed E-state index contributed by atoms with van der Waals surface area (Å²) in [5, 5.41) is 6.27. The third-order valence-electron chi connectivity index (χ3n) is 5.01. The number of halogens is 4. The van der Waals surface area contributed by atoms with Crippen molar-refractivity contribution in [2.75, 3.05) is 5.32 Å². The van der Waals surface area contributed by atoms with E-state index in [-0.39, 0.29) is 28.9 Å². The number of carbonyl (C=O) groups is 1. The highest BCUT2D eigenvalue weighted by molar-refractivity contribution is 6.10. The highest BCUT2D eigenvalue weighted by atomic mass is 19.4. The van der Waals surface area contributed by atoms with Crippen molar-refractivity contribution in [1.82, 2.24) is 15.3 Å². The fourth-order valence-electron chi connectivity index (χ4n) is 3.14. The number of benzene rings is 1. The number of alkyl halides is 3. The second-order valence-electron chi connectivity index (χ2n) is 7.61. The number of ether oxygens (including phenoxy) is 1. The molecule has 11 heteroatoms. The van der Waals surface area contributed by atoms with E-state index in [0.717, 1.165) is 25.0 Å². The van der Waals surface area contributed by atoms with Gasteiger partial charge in [0.1, 0.15) is 29.5 Å². The summed E-state index contributed by atoms with van der Waals surface area (Å²) in [6.45, 7) is 3.38. The summed E-state index contributed by atoms with van der Waals surface area (Å²) in [5.41, 5.74) is 0.334. The Morgan fingerprint density at radius 2 is 2.03 bits per heavy atom. The maximum absolute atomic E-state index is 14.2. The van der Waals surface area contributed by atoms with E-state index in [9.17, 15) is 22.4 Å². The van der Waals surface area contributed by atoms with Crippen molar-refractivity contribution in [2.45, 2.75) is 45.1 Å². The molecule has 0 atom stereocenters. The van der Waals surface area contributed by atoms with Crippen molar-refractivity contribution in [3.05, 3.63) is 47.2 Å². The van der Waals surface area contributed by atoms with Crippen LogP contribution in [0.4, 0.5) is 23.4 Å². The molecular weight excluding hydrogens is 420 g/mol. The van der Waals surface area contributed by atoms with Crippen LogP contribution in [0.3, 0.4) is 0 Å². The molecule has 1 aromatic carbocycles. The lowest BCUT2D eigenvalue weighted by Gasteiger charge is -2.13. The Balaban J connectivity index is 1.55. The maximum Gasteiger partial charge on any atom is 0.573 e. The third-order valence-corrected chi connectivity index (χ3v) is 5.01. The molecule has 0 bridgehead atoms. The molecule has 31 heavy (non-hydrogen) atoms. The molecule has 2 N–H and O–H groups in total. The largest absolute Gasteiger partial charge is 0.573 e. The number of carbonyl (C=O) groups excluding carboxylic acids is 1. The summed E-state index contributed by atoms with van der Waals surface area (Å²) < 4.78 is 60.2. The molecule has 0 aliphatic heterocycles. The van der Waals surface area contributed by atoms with E-state index in [4.69, 9.17) is 4.42 Å². The highest BCUT2D eigenvalue weighted by Crippen LogP contribution is 2.40. The molecule has 4 rings (SSSR count). The fourth-order valence-corrected chi connectivity index (χ4v) is 3.14. The molecule has 1 aliphatic rings. The molecule has 2 heterocycles. The number of nitrogens with zero attached hydrogens (tertiary/aromatic N) is 2. The Kier molecular flexibility index (Phi) is 4.98. The minimum absolute atomic E-state index is 0.00609. The van der Waals surface area contributed by atoms with Gasteiger partial charge < -0.3 is 19.8 Å². The van der Waals surface area contributed by atoms with Crippen LogP contribution in [0.25, 0.3) is 11.1 Å². The first-order valence-corrected chi connectivity index (χ1v) is 9.39. The van der Waals surface area contributed by atoms with Crippen LogP contribution in [0.2, 0.25) is 0 Å². The predicted molar refractivity (Wildman–Crippen MR) is 102 cm³/mol. The second-order valence-corrected chi connectivity index (χ2v) is 7.61. The normalized spacial score (nSPS) is 15.0. The number of rotatable bonds is 6. The van der Waals surface area contributed by atoms with Gasteiger partial charge in [-0.15, -0.1) is 13.2 Å². The van der Waals surface area contributed by atoms with E-state index >= 15 is 0 Å². The SMILES string of the molecule is Cc1oc2ncnc(NC3(C)CC3)c2c1C(=O)NCc1ccc(OC(F)(F)F)cc1F. The molecule has 1 fully saturated rings. The van der Waals surface area contributed by atoms with Crippen molar-refractivity contribution in [3.63, 3.8) is 0 Å². The van der Waals surface area contributed by atoms with Gasteiger partial charge in [0, 0.05) is 23.7 Å². The summed E-state index contributed by atoms with van der Waals surface area (Å²) in [5.74, 6) is -1.40. The molecular formula is C20H18F4N4O3. The van der Waals surface area contributed by atoms with Gasteiger partial charge in [-0.1, -0.05) is 6.07 Å². The molecule has 1 amide bonds. The lowest BCUT2D eigenvalue weighted by atomic mass is 10.1. The minimum Gasteiger partial charge on any atom is -0.442 e. The van der Waals surface area contributed by atoms with E-state index < -0.39 is 23.8 Å². The van der Waals surface area contributed by atoms with Crippen LogP contribution in [0, 0.1) is 12.7 Å². The number of nitrogens with one attached hydrogen (secondary N) is 2. The van der Waals surface area contributed by atoms with Gasteiger partial charge in [-0.05, 0) is 32.8 Å². The average Bonchev–Trinajstić information content (AvgIpc) is 3.28. The van der Waals surface area contributed by atoms with Crippen LogP contribution in [-0.4, -0.2) is 27.8 Å². The number of hydrogen-bond donors (Lipinski definition) is 2. The lowest BCUT2D eigenvalue weighted by molar-refractivity contribution is -0.274. The Labute approximate surface area is 173 Å². The van der Waals surface area contributed by atoms with Gasteiger partial charge in [0.25, 0.3) is 5.91 Å². The maximum atomic E-state index is 14.2. The second kappa shape index (κ2) is 7.40. The van der Waals surface area contributed by atoms with Gasteiger partial charge in [0.05, 0.1) is 10.9 Å². The summed E-state index contributed by atoms with van der Waals surface area (Å²) in [6.07, 6.45) is -1.66. The molecule has 0 saturated heterocycles. The van der Waals surface area contributed by atoms with Gasteiger partial charge in [-0.25, -0.2) is 14.4 Å². The molecule has 7 nitrogen and oxygen atoms in total. The van der Waals surface area contributed by atoms with Crippen LogP contribution in [-0.2, 0) is 6.54 Å². The molecule has 0 unspecified atom stereocenters. The van der Waals surface area contributed by atoms with Crippen LogP contribution < -0.4 is 15.4 Å². The first-order chi connectivity index (χ1) is 14.5. The van der Waals surface area contributed by atoms with Crippen molar-refractivity contribution in [1.29, 1.82) is 0 Å². The van der Waals surface area contributed by atoms with E-state index in [0.29, 0.717) is 23.0 Å². The first-order valence-electron chi connectivity index (χ1n) is 9.39. The molecule has 2 aromatic heterocycles. The standard InChI is InChI=1S/C20H18F4N4O3/c1-10-14(15-16(28-19(2)5-6-19)26-9-27-18(15)30-10)17(29)25-8-11-3-4-12(7-13(11)21)31-20(22,23)24/h3-4,7,9H,5-6,8H2,1-2H3,(H,25,29)(H,26,27,28). The molecule has 3 aromatic rings. The average molecular weight is 438 g/mol. The van der Waals surface area contributed by atoms with E-state index in [2.05, 4.69) is 25.3 Å². The number of aromatic nitrogens is 2. The van der Waals surface area contributed by atoms with Crippen molar-refractivity contribution in [2.24, 2.45) is 0 Å². The van der Waals surface area contributed by atoms with Crippen LogP contribution in [0.1, 0.15) is 41.4 Å². The van der Waals surface area contributed by atoms with Crippen molar-refractivity contribution in [3.8, 4) is 5.75 Å². The van der Waals surface area contributed by atoms with Crippen LogP contribution in [0.15, 0.2) is 28.9 Å². The summed E-state index contributed by atoms with van der Waals surface area (Å²) in [6, 6.07) is 2.70. The molecule has 0 spiro atoms. The van der Waals surface area contributed by atoms with Crippen LogP contribution >= 0.6 is 0 Å². The minimum atomic E-state index is -4.92. The van der Waals surface area contributed by atoms with Gasteiger partial charge in [-0.3, -0.25) is 4.79 Å². The monoisotopic (exact) mass is 438 g/mol. The van der Waals surface area contributed by atoms with Gasteiger partial charge >= 0.3 is 6.36 Å². The molecule has 164 valence electrons. The number of aryl methyl sites for hydroxylation is 1. The van der Waals surface area contributed by atoms with Crippen molar-refractivity contribution >= 4 is 22.8 Å². The Morgan fingerprint density at radius 1 is 1.29 bits per heavy atom. The van der Waals surface area contributed by atoms with E-state index in [1.54, 1.807) is 6.92 Å². The number of anilines is 1. The number of furan rings is 1. The van der Waals surface area contributed by atoms with E-state index in [1.165, 1.54) is 6.33 Å². The Morgan fingerprint density at radius 3 is 2.68 bits per heavy atom. The topological polar surface area (TPSA) is 89.3 Å². The zero-order chi connectivity index (χ0) is 22.4. The first kappa shape index (κ1) is 20.9. The number of hydrogen-bond acceptors (Lipinski definition) is 6. The van der Waals surface area contributed by atoms with Crippen molar-refractivity contribution < 1.29 is 31.5 Å². The zero-order valence-corrected chi connectivity index (χ0v) is 16.6. The number of fused-ring (bicyclic) bond motifs is 1. The summed E-state index contributed by atoms with van der Waals surface area (Å²) in [7, 11) is 0. The van der Waals surface area contributed by atoms with Crippen LogP contribution in [0.5, 0.6) is 5.75 Å². The lowest BCUT2D eigenvalue weighted by Crippen LogP contribution is -2.24. The Bertz CT molecular complexity index is 1160. The molecule has 0 radical (unpaired) electrons.